The topological polar surface area (TPSA) is 75.6 Å². The average molecular weight is 291 g/mol. The van der Waals surface area contributed by atoms with E-state index in [-0.39, 0.29) is 11.6 Å². The highest BCUT2D eigenvalue weighted by atomic mass is 16.6. The van der Waals surface area contributed by atoms with Crippen molar-refractivity contribution in [3.05, 3.63) is 35.4 Å². The van der Waals surface area contributed by atoms with E-state index in [9.17, 15) is 9.59 Å². The number of amides is 1. The third-order valence-corrected chi connectivity index (χ3v) is 3.28. The lowest BCUT2D eigenvalue weighted by molar-refractivity contribution is 0.0496. The molecule has 21 heavy (non-hydrogen) atoms. The number of hydrogen-bond donors (Lipinski definition) is 2. The molecule has 1 amide bonds. The Bertz CT molecular complexity index is 526. The molecule has 2 N–H and O–H groups in total. The van der Waals surface area contributed by atoms with Gasteiger partial charge in [0, 0.05) is 0 Å². The van der Waals surface area contributed by atoms with Crippen LogP contribution in [0.4, 0.5) is 4.79 Å². The molecule has 0 heterocycles. The first-order valence-electron chi connectivity index (χ1n) is 7.09. The molecule has 1 saturated carbocycles. The van der Waals surface area contributed by atoms with E-state index in [4.69, 9.17) is 9.84 Å². The first-order valence-corrected chi connectivity index (χ1v) is 7.09. The van der Waals surface area contributed by atoms with Crippen LogP contribution in [0.15, 0.2) is 24.3 Å². The van der Waals surface area contributed by atoms with Crippen LogP contribution in [0.1, 0.15) is 55.6 Å². The van der Waals surface area contributed by atoms with E-state index in [0.717, 1.165) is 18.4 Å². The third kappa shape index (κ3) is 4.48. The molecular formula is C16H21NO4. The first-order chi connectivity index (χ1) is 9.76. The largest absolute Gasteiger partial charge is 0.478 e. The molecule has 0 spiro atoms. The van der Waals surface area contributed by atoms with Crippen LogP contribution < -0.4 is 5.32 Å². The number of hydrogen-bond acceptors (Lipinski definition) is 3. The summed E-state index contributed by atoms with van der Waals surface area (Å²) in [6.45, 7) is 5.46. The first kappa shape index (κ1) is 15.4. The Balaban J connectivity index is 2.08. The van der Waals surface area contributed by atoms with Crippen LogP contribution in [-0.2, 0) is 4.74 Å². The van der Waals surface area contributed by atoms with Crippen molar-refractivity contribution in [2.75, 3.05) is 0 Å². The second-order valence-corrected chi connectivity index (χ2v) is 6.39. The second-order valence-electron chi connectivity index (χ2n) is 6.39. The molecule has 1 aliphatic rings. The zero-order chi connectivity index (χ0) is 15.6. The van der Waals surface area contributed by atoms with E-state index in [1.54, 1.807) is 24.3 Å². The summed E-state index contributed by atoms with van der Waals surface area (Å²) >= 11 is 0. The van der Waals surface area contributed by atoms with Crippen molar-refractivity contribution in [1.82, 2.24) is 5.32 Å². The van der Waals surface area contributed by atoms with Gasteiger partial charge in [-0.2, -0.15) is 0 Å². The number of aromatic carboxylic acids is 1. The van der Waals surface area contributed by atoms with E-state index >= 15 is 0 Å². The smallest absolute Gasteiger partial charge is 0.408 e. The minimum Gasteiger partial charge on any atom is -0.478 e. The van der Waals surface area contributed by atoms with Crippen molar-refractivity contribution in [2.24, 2.45) is 5.92 Å². The average Bonchev–Trinajstić information content (AvgIpc) is 3.18. The Labute approximate surface area is 124 Å². The molecule has 1 aromatic carbocycles. The van der Waals surface area contributed by atoms with Crippen LogP contribution in [0.2, 0.25) is 0 Å². The molecule has 0 aliphatic heterocycles. The number of rotatable bonds is 4. The SMILES string of the molecule is CC(C)(C)OC(=O)NC(c1ccc(C(=O)O)cc1)C1CC1. The van der Waals surface area contributed by atoms with Gasteiger partial charge in [-0.3, -0.25) is 0 Å². The minimum absolute atomic E-state index is 0.123. The summed E-state index contributed by atoms with van der Waals surface area (Å²) in [5.74, 6) is -0.558. The number of nitrogens with one attached hydrogen (secondary N) is 1. The highest BCUT2D eigenvalue weighted by Crippen LogP contribution is 2.41. The maximum Gasteiger partial charge on any atom is 0.408 e. The monoisotopic (exact) mass is 291 g/mol. The number of carboxylic acid groups (broad SMARTS) is 1. The van der Waals surface area contributed by atoms with Gasteiger partial charge in [0.05, 0.1) is 11.6 Å². The lowest BCUT2D eigenvalue weighted by Crippen LogP contribution is -2.35. The standard InChI is InChI=1S/C16H21NO4/c1-16(2,3)21-15(20)17-13(10-4-5-10)11-6-8-12(9-7-11)14(18)19/h6-10,13H,4-5H2,1-3H3,(H,17,20)(H,18,19). The number of alkyl carbamates (subject to hydrolysis) is 1. The third-order valence-electron chi connectivity index (χ3n) is 3.28. The number of carbonyl (C=O) groups excluding carboxylic acids is 1. The van der Waals surface area contributed by atoms with E-state index in [0.29, 0.717) is 5.92 Å². The highest BCUT2D eigenvalue weighted by Gasteiger charge is 2.34. The van der Waals surface area contributed by atoms with Gasteiger partial charge in [-0.15, -0.1) is 0 Å². The predicted octanol–water partition coefficient (Wildman–Crippen LogP) is 3.36. The van der Waals surface area contributed by atoms with Crippen molar-refractivity contribution in [3.8, 4) is 0 Å². The zero-order valence-electron chi connectivity index (χ0n) is 12.6. The van der Waals surface area contributed by atoms with E-state index in [1.807, 2.05) is 20.8 Å². The van der Waals surface area contributed by atoms with Crippen LogP contribution in [0.25, 0.3) is 0 Å². The van der Waals surface area contributed by atoms with Gasteiger partial charge in [0.25, 0.3) is 0 Å². The van der Waals surface area contributed by atoms with E-state index in [1.165, 1.54) is 0 Å². The van der Waals surface area contributed by atoms with Crippen molar-refractivity contribution >= 4 is 12.1 Å². The van der Waals surface area contributed by atoms with Crippen LogP contribution in [0, 0.1) is 5.92 Å². The molecule has 1 aliphatic carbocycles. The molecule has 1 aromatic rings. The van der Waals surface area contributed by atoms with Crippen LogP contribution in [-0.4, -0.2) is 22.8 Å². The van der Waals surface area contributed by atoms with Gasteiger partial charge in [-0.05, 0) is 57.2 Å². The fraction of sp³-hybridized carbons (Fsp3) is 0.500. The van der Waals surface area contributed by atoms with Crippen LogP contribution in [0.3, 0.4) is 0 Å². The van der Waals surface area contributed by atoms with Crippen molar-refractivity contribution in [1.29, 1.82) is 0 Å². The van der Waals surface area contributed by atoms with Gasteiger partial charge in [0.1, 0.15) is 5.60 Å². The van der Waals surface area contributed by atoms with Crippen molar-refractivity contribution < 1.29 is 19.4 Å². The molecular weight excluding hydrogens is 270 g/mol. The quantitative estimate of drug-likeness (QED) is 0.892. The molecule has 0 saturated heterocycles. The summed E-state index contributed by atoms with van der Waals surface area (Å²) in [6, 6.07) is 6.50. The molecule has 0 bridgehead atoms. The Hall–Kier alpha value is -2.04. The summed E-state index contributed by atoms with van der Waals surface area (Å²) in [7, 11) is 0. The lowest BCUT2D eigenvalue weighted by Gasteiger charge is -2.24. The number of carboxylic acids is 1. The molecule has 1 fully saturated rings. The maximum atomic E-state index is 11.9. The summed E-state index contributed by atoms with van der Waals surface area (Å²) < 4.78 is 5.29. The molecule has 0 aromatic heterocycles. The molecule has 114 valence electrons. The van der Waals surface area contributed by atoms with Gasteiger partial charge in [-0.25, -0.2) is 9.59 Å². The van der Waals surface area contributed by atoms with Crippen molar-refractivity contribution in [3.63, 3.8) is 0 Å². The normalized spacial score (nSPS) is 16.1. The Morgan fingerprint density at radius 1 is 1.24 bits per heavy atom. The van der Waals surface area contributed by atoms with Gasteiger partial charge < -0.3 is 15.2 Å². The zero-order valence-corrected chi connectivity index (χ0v) is 12.6. The van der Waals surface area contributed by atoms with Crippen LogP contribution in [0.5, 0.6) is 0 Å². The summed E-state index contributed by atoms with van der Waals surface area (Å²) in [4.78, 5) is 22.8. The van der Waals surface area contributed by atoms with Gasteiger partial charge in [0.15, 0.2) is 0 Å². The van der Waals surface area contributed by atoms with Gasteiger partial charge in [0.2, 0.25) is 0 Å². The minimum atomic E-state index is -0.954. The lowest BCUT2D eigenvalue weighted by atomic mass is 10.0. The van der Waals surface area contributed by atoms with Crippen molar-refractivity contribution in [2.45, 2.75) is 45.3 Å². The molecule has 1 unspecified atom stereocenters. The molecule has 0 radical (unpaired) electrons. The highest BCUT2D eigenvalue weighted by molar-refractivity contribution is 5.87. The Morgan fingerprint density at radius 3 is 2.24 bits per heavy atom. The predicted molar refractivity (Wildman–Crippen MR) is 78.2 cm³/mol. The Morgan fingerprint density at radius 2 is 1.81 bits per heavy atom. The maximum absolute atomic E-state index is 11.9. The molecule has 1 atom stereocenters. The fourth-order valence-electron chi connectivity index (χ4n) is 2.17. The Kier molecular flexibility index (Phi) is 4.21. The van der Waals surface area contributed by atoms with E-state index < -0.39 is 17.7 Å². The number of carbonyl (C=O) groups is 2. The number of benzene rings is 1. The van der Waals surface area contributed by atoms with Gasteiger partial charge in [-0.1, -0.05) is 12.1 Å². The summed E-state index contributed by atoms with van der Waals surface area (Å²) in [6.07, 6.45) is 1.67. The number of ether oxygens (including phenoxy) is 1. The molecule has 5 nitrogen and oxygen atoms in total. The van der Waals surface area contributed by atoms with Gasteiger partial charge >= 0.3 is 12.1 Å². The van der Waals surface area contributed by atoms with E-state index in [2.05, 4.69) is 5.32 Å². The molecule has 5 heteroatoms. The van der Waals surface area contributed by atoms with Crippen LogP contribution >= 0.6 is 0 Å². The summed E-state index contributed by atoms with van der Waals surface area (Å²) in [5.41, 5.74) is 0.615. The fourth-order valence-corrected chi connectivity index (χ4v) is 2.17. The molecule has 2 rings (SSSR count). The second kappa shape index (κ2) is 5.76. The summed E-state index contributed by atoms with van der Waals surface area (Å²) in [5, 5.41) is 11.8.